The smallest absolute Gasteiger partial charge is 0.128 e. The Labute approximate surface area is 85.9 Å². The minimum Gasteiger partial charge on any atom is -0.360 e. The fourth-order valence-corrected chi connectivity index (χ4v) is 1.45. The number of hydrogen-bond donors (Lipinski definition) is 1. The molecule has 0 aromatic carbocycles. The Bertz CT molecular complexity index is 297. The predicted octanol–water partition coefficient (Wildman–Crippen LogP) is 1.69. The van der Waals surface area contributed by atoms with E-state index in [1.54, 1.807) is 0 Å². The van der Waals surface area contributed by atoms with Crippen molar-refractivity contribution in [3.63, 3.8) is 0 Å². The topological polar surface area (TPSA) is 42.1 Å². The number of rotatable bonds is 4. The van der Waals surface area contributed by atoms with Crippen LogP contribution in [0.3, 0.4) is 0 Å². The molecule has 3 nitrogen and oxygen atoms in total. The minimum atomic E-state index is 0.566. The summed E-state index contributed by atoms with van der Waals surface area (Å²) in [6.45, 7) is 5.77. The number of hydrogen-bond acceptors (Lipinski definition) is 3. The maximum atomic E-state index is 5.58. The Hall–Kier alpha value is -1.09. The van der Waals surface area contributed by atoms with Gasteiger partial charge in [-0.2, -0.15) is 0 Å². The second-order valence-electron chi connectivity index (χ2n) is 3.54. The van der Waals surface area contributed by atoms with E-state index in [1.807, 2.05) is 13.0 Å². The van der Waals surface area contributed by atoms with Gasteiger partial charge in [0, 0.05) is 25.8 Å². The van der Waals surface area contributed by atoms with Crippen LogP contribution >= 0.6 is 0 Å². The molecule has 78 valence electrons. The van der Waals surface area contributed by atoms with Crippen molar-refractivity contribution in [2.45, 2.75) is 26.8 Å². The van der Waals surface area contributed by atoms with Crippen LogP contribution in [-0.2, 0) is 6.54 Å². The van der Waals surface area contributed by atoms with Crippen molar-refractivity contribution in [1.29, 1.82) is 0 Å². The summed E-state index contributed by atoms with van der Waals surface area (Å²) in [6, 6.07) is 4.09. The van der Waals surface area contributed by atoms with E-state index in [0.29, 0.717) is 6.54 Å². The molecule has 0 fully saturated rings. The van der Waals surface area contributed by atoms with Gasteiger partial charge in [-0.15, -0.1) is 0 Å². The molecule has 0 spiro atoms. The first-order valence-corrected chi connectivity index (χ1v) is 5.06. The first-order chi connectivity index (χ1) is 6.69. The second kappa shape index (κ2) is 4.96. The number of aromatic nitrogens is 1. The molecule has 0 saturated heterocycles. The van der Waals surface area contributed by atoms with Crippen molar-refractivity contribution in [1.82, 2.24) is 4.98 Å². The Morgan fingerprint density at radius 2 is 2.14 bits per heavy atom. The zero-order chi connectivity index (χ0) is 10.6. The number of nitrogens with two attached hydrogens (primary N) is 1. The monoisotopic (exact) mass is 193 g/mol. The van der Waals surface area contributed by atoms with Gasteiger partial charge in [-0.25, -0.2) is 4.98 Å². The van der Waals surface area contributed by atoms with Crippen LogP contribution in [0.5, 0.6) is 0 Å². The molecule has 14 heavy (non-hydrogen) atoms. The normalized spacial score (nSPS) is 10.3. The zero-order valence-corrected chi connectivity index (χ0v) is 9.25. The third kappa shape index (κ3) is 2.45. The summed E-state index contributed by atoms with van der Waals surface area (Å²) in [5.41, 5.74) is 7.74. The number of pyridine rings is 1. The molecule has 0 aliphatic heterocycles. The summed E-state index contributed by atoms with van der Waals surface area (Å²) < 4.78 is 0. The molecule has 0 saturated carbocycles. The number of anilines is 1. The molecule has 1 rings (SSSR count). The van der Waals surface area contributed by atoms with Gasteiger partial charge in [0.15, 0.2) is 0 Å². The Morgan fingerprint density at radius 3 is 2.64 bits per heavy atom. The molecule has 0 unspecified atom stereocenters. The SMILES string of the molecule is CCCN(C)c1ccc(CN)c(C)n1. The van der Waals surface area contributed by atoms with Crippen LogP contribution in [0.1, 0.15) is 24.6 Å². The van der Waals surface area contributed by atoms with Gasteiger partial charge >= 0.3 is 0 Å². The van der Waals surface area contributed by atoms with Crippen LogP contribution in [0.4, 0.5) is 5.82 Å². The van der Waals surface area contributed by atoms with Crippen molar-refractivity contribution < 1.29 is 0 Å². The minimum absolute atomic E-state index is 0.566. The van der Waals surface area contributed by atoms with Gasteiger partial charge in [-0.3, -0.25) is 0 Å². The molecule has 0 bridgehead atoms. The van der Waals surface area contributed by atoms with E-state index in [2.05, 4.69) is 29.9 Å². The third-order valence-corrected chi connectivity index (χ3v) is 2.35. The molecular weight excluding hydrogens is 174 g/mol. The summed E-state index contributed by atoms with van der Waals surface area (Å²) in [5.74, 6) is 1.03. The first kappa shape index (κ1) is 11.0. The van der Waals surface area contributed by atoms with E-state index < -0.39 is 0 Å². The zero-order valence-electron chi connectivity index (χ0n) is 9.25. The first-order valence-electron chi connectivity index (χ1n) is 5.06. The highest BCUT2D eigenvalue weighted by molar-refractivity contribution is 5.40. The highest BCUT2D eigenvalue weighted by atomic mass is 15.2. The van der Waals surface area contributed by atoms with Crippen LogP contribution in [-0.4, -0.2) is 18.6 Å². The van der Waals surface area contributed by atoms with Crippen molar-refractivity contribution in [2.24, 2.45) is 5.73 Å². The lowest BCUT2D eigenvalue weighted by Gasteiger charge is -2.18. The van der Waals surface area contributed by atoms with Crippen LogP contribution in [0, 0.1) is 6.92 Å². The maximum Gasteiger partial charge on any atom is 0.128 e. The van der Waals surface area contributed by atoms with Gasteiger partial charge < -0.3 is 10.6 Å². The highest BCUT2D eigenvalue weighted by Crippen LogP contribution is 2.13. The molecule has 1 aromatic rings. The van der Waals surface area contributed by atoms with Gasteiger partial charge in [0.05, 0.1) is 0 Å². The largest absolute Gasteiger partial charge is 0.360 e. The van der Waals surface area contributed by atoms with Crippen LogP contribution in [0.25, 0.3) is 0 Å². The van der Waals surface area contributed by atoms with E-state index in [-0.39, 0.29) is 0 Å². The lowest BCUT2D eigenvalue weighted by atomic mass is 10.2. The summed E-state index contributed by atoms with van der Waals surface area (Å²) in [5, 5.41) is 0. The highest BCUT2D eigenvalue weighted by Gasteiger charge is 2.03. The van der Waals surface area contributed by atoms with Crippen LogP contribution in [0.15, 0.2) is 12.1 Å². The fourth-order valence-electron chi connectivity index (χ4n) is 1.45. The second-order valence-corrected chi connectivity index (χ2v) is 3.54. The molecule has 2 N–H and O–H groups in total. The van der Waals surface area contributed by atoms with E-state index in [0.717, 1.165) is 30.0 Å². The molecule has 0 atom stereocenters. The molecule has 1 aromatic heterocycles. The Kier molecular flexibility index (Phi) is 3.89. The predicted molar refractivity (Wildman–Crippen MR) is 60.4 cm³/mol. The fraction of sp³-hybridized carbons (Fsp3) is 0.545. The average Bonchev–Trinajstić information content (AvgIpc) is 2.18. The van der Waals surface area contributed by atoms with Gasteiger partial charge in [0.1, 0.15) is 5.82 Å². The van der Waals surface area contributed by atoms with E-state index >= 15 is 0 Å². The number of nitrogens with zero attached hydrogens (tertiary/aromatic N) is 2. The molecule has 1 heterocycles. The lowest BCUT2D eigenvalue weighted by Crippen LogP contribution is -2.19. The summed E-state index contributed by atoms with van der Waals surface area (Å²) in [6.07, 6.45) is 1.13. The molecular formula is C11H19N3. The third-order valence-electron chi connectivity index (χ3n) is 2.35. The van der Waals surface area contributed by atoms with E-state index in [9.17, 15) is 0 Å². The number of aryl methyl sites for hydroxylation is 1. The Morgan fingerprint density at radius 1 is 1.43 bits per heavy atom. The molecule has 0 radical (unpaired) electrons. The van der Waals surface area contributed by atoms with Crippen molar-refractivity contribution in [3.8, 4) is 0 Å². The van der Waals surface area contributed by atoms with Gasteiger partial charge in [0.25, 0.3) is 0 Å². The van der Waals surface area contributed by atoms with Crippen molar-refractivity contribution in [2.75, 3.05) is 18.5 Å². The van der Waals surface area contributed by atoms with Crippen LogP contribution < -0.4 is 10.6 Å². The molecule has 3 heteroatoms. The quantitative estimate of drug-likeness (QED) is 0.791. The van der Waals surface area contributed by atoms with Gasteiger partial charge in [0.2, 0.25) is 0 Å². The van der Waals surface area contributed by atoms with Crippen LogP contribution in [0.2, 0.25) is 0 Å². The standard InChI is InChI=1S/C11H19N3/c1-4-7-14(3)11-6-5-10(8-12)9(2)13-11/h5-6H,4,7-8,12H2,1-3H3. The van der Waals surface area contributed by atoms with Gasteiger partial charge in [-0.05, 0) is 25.0 Å². The Balaban J connectivity index is 2.85. The average molecular weight is 193 g/mol. The van der Waals surface area contributed by atoms with Gasteiger partial charge in [-0.1, -0.05) is 13.0 Å². The van der Waals surface area contributed by atoms with Crippen molar-refractivity contribution >= 4 is 5.82 Å². The summed E-state index contributed by atoms with van der Waals surface area (Å²) in [4.78, 5) is 6.67. The lowest BCUT2D eigenvalue weighted by molar-refractivity contribution is 0.832. The maximum absolute atomic E-state index is 5.58. The van der Waals surface area contributed by atoms with E-state index in [4.69, 9.17) is 5.73 Å². The van der Waals surface area contributed by atoms with E-state index in [1.165, 1.54) is 0 Å². The summed E-state index contributed by atoms with van der Waals surface area (Å²) >= 11 is 0. The molecule has 0 amide bonds. The molecule has 0 aliphatic rings. The van der Waals surface area contributed by atoms with Crippen molar-refractivity contribution in [3.05, 3.63) is 23.4 Å². The summed E-state index contributed by atoms with van der Waals surface area (Å²) in [7, 11) is 2.06. The molecule has 0 aliphatic carbocycles.